The molecule has 0 aromatic heterocycles. The Kier molecular flexibility index (Phi) is 18.2. The number of ketones is 2. The Morgan fingerprint density at radius 1 is 0.500 bits per heavy atom. The zero-order valence-corrected chi connectivity index (χ0v) is 40.7. The second-order valence-corrected chi connectivity index (χ2v) is 29.8. The molecule has 3 aromatic carbocycles. The van der Waals surface area contributed by atoms with Gasteiger partial charge in [-0.1, -0.05) is 0 Å². The molecule has 0 amide bonds. The molecule has 3 rings (SSSR count). The van der Waals surface area contributed by atoms with Gasteiger partial charge in [-0.25, -0.2) is 0 Å². The van der Waals surface area contributed by atoms with Crippen LogP contribution in [0.2, 0.25) is 0 Å². The van der Waals surface area contributed by atoms with Gasteiger partial charge in [0, 0.05) is 0 Å². The van der Waals surface area contributed by atoms with E-state index in [4.69, 9.17) is 13.5 Å². The summed E-state index contributed by atoms with van der Waals surface area (Å²) in [5.41, 5.74) is -4.06. The van der Waals surface area contributed by atoms with Crippen LogP contribution in [0.4, 0.5) is 26.3 Å². The summed E-state index contributed by atoms with van der Waals surface area (Å²) in [7, 11) is -1.92. The third-order valence-corrected chi connectivity index (χ3v) is 32.7. The second-order valence-electron chi connectivity index (χ2n) is 17.7. The summed E-state index contributed by atoms with van der Waals surface area (Å²) < 4.78 is 109. The fraction of sp³-hybridized carbons (Fsp3) is 0.583. The number of carbonyl (C=O) groups excluding carboxylic acids is 2. The van der Waals surface area contributed by atoms with Gasteiger partial charge in [0.1, 0.15) is 0 Å². The summed E-state index contributed by atoms with van der Waals surface area (Å²) in [6.07, 6.45) is -7.19. The average molecular weight is 915 g/mol. The van der Waals surface area contributed by atoms with E-state index in [2.05, 4.69) is 0 Å². The van der Waals surface area contributed by atoms with Gasteiger partial charge in [-0.3, -0.25) is 0 Å². The van der Waals surface area contributed by atoms with Crippen LogP contribution in [0, 0.1) is 0 Å². The molecule has 0 saturated carbocycles. The molecule has 0 aliphatic carbocycles. The van der Waals surface area contributed by atoms with Crippen molar-refractivity contribution in [2.45, 2.75) is 168 Å². The molecule has 3 aromatic rings. The molecule has 0 radical (unpaired) electrons. The molecular weight excluding hydrogens is 843 g/mol. The van der Waals surface area contributed by atoms with E-state index < -0.39 is 50.2 Å². The third-order valence-electron chi connectivity index (χ3n) is 15.2. The molecule has 6 unspecified atom stereocenters. The normalized spacial score (nSPS) is 17.0. The fourth-order valence-electron chi connectivity index (χ4n) is 10.4. The van der Waals surface area contributed by atoms with Gasteiger partial charge in [-0.05, 0) is 0 Å². The van der Waals surface area contributed by atoms with Crippen LogP contribution in [0.3, 0.4) is 0 Å². The van der Waals surface area contributed by atoms with Crippen LogP contribution in [0.5, 0.6) is 5.75 Å². The first-order chi connectivity index (χ1) is 28.9. The average Bonchev–Trinajstić information content (AvgIpc) is 3.26. The molecule has 0 fully saturated rings. The summed E-state index contributed by atoms with van der Waals surface area (Å²) in [6.45, 7) is 15.7. The molecule has 62 heavy (non-hydrogen) atoms. The van der Waals surface area contributed by atoms with Crippen molar-refractivity contribution in [3.63, 3.8) is 0 Å². The van der Waals surface area contributed by atoms with Gasteiger partial charge >= 0.3 is 369 Å². The fourth-order valence-corrected chi connectivity index (χ4v) is 26.5. The molecule has 0 aliphatic rings. The maximum atomic E-state index is 14.9. The van der Waals surface area contributed by atoms with Crippen LogP contribution in [0.25, 0.3) is 0 Å². The summed E-state index contributed by atoms with van der Waals surface area (Å²) in [4.78, 5) is 29.8. The van der Waals surface area contributed by atoms with Crippen molar-refractivity contribution in [2.24, 2.45) is 0 Å². The molecular formula is C48H71BF6O5P2. The minimum absolute atomic E-state index is 0.0651. The molecule has 348 valence electrons. The van der Waals surface area contributed by atoms with E-state index >= 15 is 0 Å². The Hall–Kier alpha value is -2.78. The first-order valence-electron chi connectivity index (χ1n) is 22.4. The van der Waals surface area contributed by atoms with Gasteiger partial charge in [-0.2, -0.15) is 0 Å². The van der Waals surface area contributed by atoms with Gasteiger partial charge in [-0.15, -0.1) is 0 Å². The molecule has 6 atom stereocenters. The van der Waals surface area contributed by atoms with Gasteiger partial charge in [0.2, 0.25) is 0 Å². The molecule has 0 aliphatic heterocycles. The number of hydrogen-bond acceptors (Lipinski definition) is 5. The number of Topliss-reactive ketones (excluding diaryl/α,β-unsaturated/α-hetero) is 2. The van der Waals surface area contributed by atoms with Crippen molar-refractivity contribution in [1.82, 2.24) is 0 Å². The molecule has 0 heterocycles. The quantitative estimate of drug-likeness (QED) is 0.0388. The number of halogens is 6. The second kappa shape index (κ2) is 21.0. The Balaban J connectivity index is 2.68. The zero-order chi connectivity index (χ0) is 46.9. The Morgan fingerprint density at radius 3 is 1.02 bits per heavy atom. The topological polar surface area (TPSA) is 61.8 Å². The summed E-state index contributed by atoms with van der Waals surface area (Å²) in [6, 6.07) is 18.8. The maximum absolute atomic E-state index is 14.9. The van der Waals surface area contributed by atoms with Gasteiger partial charge in [0.25, 0.3) is 0 Å². The number of rotatable bonds is 24. The first kappa shape index (κ1) is 53.6. The van der Waals surface area contributed by atoms with E-state index in [1.165, 1.54) is 0 Å². The van der Waals surface area contributed by atoms with Crippen molar-refractivity contribution in [3.05, 3.63) is 101 Å². The minimum atomic E-state index is -5.16. The van der Waals surface area contributed by atoms with Crippen LogP contribution in [-0.2, 0) is 21.2 Å². The number of carbonyl (C=O) groups is 2. The predicted octanol–water partition coefficient (Wildman–Crippen LogP) is 15.6. The molecule has 0 saturated heterocycles. The van der Waals surface area contributed by atoms with Crippen LogP contribution < -0.4 is 4.65 Å². The predicted molar refractivity (Wildman–Crippen MR) is 249 cm³/mol. The van der Waals surface area contributed by atoms with Crippen molar-refractivity contribution in [1.29, 1.82) is 0 Å². The zero-order valence-electron chi connectivity index (χ0n) is 38.9. The Bertz CT molecular complexity index is 1740. The van der Waals surface area contributed by atoms with Crippen LogP contribution in [0.1, 0.15) is 153 Å². The van der Waals surface area contributed by atoms with E-state index in [0.717, 1.165) is 0 Å². The molecule has 0 bridgehead atoms. The number of alkyl halides is 6. The van der Waals surface area contributed by atoms with Crippen LogP contribution in [-0.4, -0.2) is 65.2 Å². The van der Waals surface area contributed by atoms with Crippen molar-refractivity contribution in [2.75, 3.05) is 12.3 Å². The van der Waals surface area contributed by atoms with E-state index in [1.807, 2.05) is 95.2 Å². The first-order valence-corrected chi connectivity index (χ1v) is 27.5. The SMILES string of the molecule is CCC(C)P(CC(=O)c1ccccc1)(OB(Oc1cc(C(F)(F)F)cc(C(F)(F)F)c1)OP(CC(=O)c1ccccc1)(C(C)CC)(C(C)CC)C(C)CC)(C(C)CC)C(C)CC. The Labute approximate surface area is 368 Å². The van der Waals surface area contributed by atoms with Gasteiger partial charge < -0.3 is 0 Å². The van der Waals surface area contributed by atoms with E-state index in [9.17, 15) is 35.9 Å². The van der Waals surface area contributed by atoms with Gasteiger partial charge in [0.15, 0.2) is 0 Å². The summed E-state index contributed by atoms with van der Waals surface area (Å²) in [5.74, 6) is -1.13. The number of hydrogen-bond donors (Lipinski definition) is 0. The number of benzene rings is 3. The standard InChI is InChI=1S/C48H71BF6O5P2/c1-13-34(7)61(35(8)14-2,36(9)15-3,32-45(56)40-25-21-19-22-26-40)59-49(58-44-30-42(47(50,51)52)29-43(31-44)48(53,54)55)60-62(37(10)16-4,38(11)17-5,39(12)18-6)33-46(57)41-27-23-20-24-28-41/h19-31,34-39H,13-18,32-33H2,1-12H3. The van der Waals surface area contributed by atoms with Crippen molar-refractivity contribution < 1.29 is 49.5 Å². The molecule has 0 spiro atoms. The molecule has 14 heteroatoms. The molecule has 0 N–H and O–H groups in total. The summed E-state index contributed by atoms with van der Waals surface area (Å²) >= 11 is 0. The van der Waals surface area contributed by atoms with Crippen molar-refractivity contribution in [3.8, 4) is 5.75 Å². The van der Waals surface area contributed by atoms with Crippen molar-refractivity contribution >= 4 is 32.5 Å². The third kappa shape index (κ3) is 10.2. The van der Waals surface area contributed by atoms with Crippen LogP contribution >= 0.6 is 13.7 Å². The van der Waals surface area contributed by atoms with E-state index in [1.54, 1.807) is 48.5 Å². The van der Waals surface area contributed by atoms with Crippen LogP contribution in [0.15, 0.2) is 78.9 Å². The van der Waals surface area contributed by atoms with Gasteiger partial charge in [0.05, 0.1) is 0 Å². The van der Waals surface area contributed by atoms with E-state index in [-0.39, 0.29) is 63.9 Å². The monoisotopic (exact) mass is 914 g/mol. The van der Waals surface area contributed by atoms with E-state index in [0.29, 0.717) is 61.8 Å². The molecule has 5 nitrogen and oxygen atoms in total. The summed E-state index contributed by atoms with van der Waals surface area (Å²) in [5, 5.41) is 0. The Morgan fingerprint density at radius 2 is 0.774 bits per heavy atom.